The van der Waals surface area contributed by atoms with Gasteiger partial charge in [-0.2, -0.15) is 0 Å². The van der Waals surface area contributed by atoms with Gasteiger partial charge < -0.3 is 10.2 Å². The predicted molar refractivity (Wildman–Crippen MR) is 83.3 cm³/mol. The van der Waals surface area contributed by atoms with Gasteiger partial charge in [0.1, 0.15) is 5.82 Å². The van der Waals surface area contributed by atoms with Crippen LogP contribution in [-0.2, 0) is 6.54 Å². The van der Waals surface area contributed by atoms with E-state index in [4.69, 9.17) is 0 Å². The van der Waals surface area contributed by atoms with Gasteiger partial charge in [-0.05, 0) is 12.1 Å². The Morgan fingerprint density at radius 3 is 2.43 bits per heavy atom. The number of nitrogens with zero attached hydrogens (tertiary/aromatic N) is 5. The minimum atomic E-state index is 0.828. The van der Waals surface area contributed by atoms with E-state index in [1.807, 2.05) is 25.4 Å². The Balaban J connectivity index is 1.59. The Bertz CT molecular complexity index is 565. The Hall–Kier alpha value is -2.21. The van der Waals surface area contributed by atoms with Gasteiger partial charge in [-0.15, -0.1) is 0 Å². The number of hydrogen-bond donors (Lipinski definition) is 1. The largest absolute Gasteiger partial charge is 0.373 e. The first-order chi connectivity index (χ1) is 10.4. The highest BCUT2D eigenvalue weighted by atomic mass is 15.3. The highest BCUT2D eigenvalue weighted by molar-refractivity contribution is 5.43. The van der Waals surface area contributed by atoms with E-state index in [-0.39, 0.29) is 0 Å². The number of rotatable bonds is 4. The highest BCUT2D eigenvalue weighted by Crippen LogP contribution is 2.16. The summed E-state index contributed by atoms with van der Waals surface area (Å²) in [6, 6.07) is 5.97. The Morgan fingerprint density at radius 1 is 1.00 bits per heavy atom. The number of pyridine rings is 1. The minimum absolute atomic E-state index is 0.828. The third-order valence-electron chi connectivity index (χ3n) is 3.73. The zero-order chi connectivity index (χ0) is 14.5. The fourth-order valence-electron chi connectivity index (χ4n) is 2.59. The normalized spacial score (nSPS) is 16.0. The van der Waals surface area contributed by atoms with Crippen LogP contribution in [0, 0.1) is 0 Å². The van der Waals surface area contributed by atoms with Crippen LogP contribution in [0.4, 0.5) is 11.8 Å². The lowest BCUT2D eigenvalue weighted by Gasteiger charge is -2.34. The lowest BCUT2D eigenvalue weighted by atomic mass is 10.2. The van der Waals surface area contributed by atoms with E-state index < -0.39 is 0 Å². The van der Waals surface area contributed by atoms with Crippen LogP contribution in [0.2, 0.25) is 0 Å². The molecule has 0 saturated carbocycles. The van der Waals surface area contributed by atoms with Gasteiger partial charge in [0.25, 0.3) is 0 Å². The maximum atomic E-state index is 4.36. The molecule has 1 saturated heterocycles. The van der Waals surface area contributed by atoms with Gasteiger partial charge in [0.2, 0.25) is 5.95 Å². The molecule has 21 heavy (non-hydrogen) atoms. The van der Waals surface area contributed by atoms with Crippen LogP contribution < -0.4 is 10.2 Å². The van der Waals surface area contributed by atoms with E-state index in [0.29, 0.717) is 0 Å². The fraction of sp³-hybridized carbons (Fsp3) is 0.400. The van der Waals surface area contributed by atoms with Gasteiger partial charge >= 0.3 is 0 Å². The molecule has 2 aromatic heterocycles. The zero-order valence-electron chi connectivity index (χ0n) is 12.2. The van der Waals surface area contributed by atoms with E-state index >= 15 is 0 Å². The summed E-state index contributed by atoms with van der Waals surface area (Å²) >= 11 is 0. The first-order valence-corrected chi connectivity index (χ1v) is 7.23. The molecule has 0 aromatic carbocycles. The molecule has 3 heterocycles. The van der Waals surface area contributed by atoms with E-state index in [1.165, 1.54) is 5.56 Å². The highest BCUT2D eigenvalue weighted by Gasteiger charge is 2.19. The monoisotopic (exact) mass is 284 g/mol. The van der Waals surface area contributed by atoms with Crippen LogP contribution in [-0.4, -0.2) is 53.1 Å². The summed E-state index contributed by atoms with van der Waals surface area (Å²) in [5.41, 5.74) is 1.24. The SMILES string of the molecule is CNc1ncccc1CN1CCN(c2ncccn2)CC1. The lowest BCUT2D eigenvalue weighted by molar-refractivity contribution is 0.249. The molecule has 2 aromatic rings. The average Bonchev–Trinajstić information content (AvgIpc) is 2.57. The molecule has 1 fully saturated rings. The van der Waals surface area contributed by atoms with Crippen molar-refractivity contribution in [3.8, 4) is 0 Å². The summed E-state index contributed by atoms with van der Waals surface area (Å²) in [4.78, 5) is 17.7. The molecule has 6 heteroatoms. The van der Waals surface area contributed by atoms with E-state index in [2.05, 4.69) is 36.1 Å². The Kier molecular flexibility index (Phi) is 4.25. The first kappa shape index (κ1) is 13.8. The van der Waals surface area contributed by atoms with E-state index in [9.17, 15) is 0 Å². The molecule has 3 rings (SSSR count). The molecule has 0 bridgehead atoms. The smallest absolute Gasteiger partial charge is 0.225 e. The van der Waals surface area contributed by atoms with Crippen LogP contribution in [0.25, 0.3) is 0 Å². The number of piperazine rings is 1. The molecule has 0 unspecified atom stereocenters. The third-order valence-corrected chi connectivity index (χ3v) is 3.73. The predicted octanol–water partition coefficient (Wildman–Crippen LogP) is 1.24. The fourth-order valence-corrected chi connectivity index (χ4v) is 2.59. The van der Waals surface area contributed by atoms with Crippen LogP contribution in [0.15, 0.2) is 36.8 Å². The van der Waals surface area contributed by atoms with Crippen LogP contribution in [0.1, 0.15) is 5.56 Å². The summed E-state index contributed by atoms with van der Waals surface area (Å²) in [6.07, 6.45) is 5.41. The quantitative estimate of drug-likeness (QED) is 0.911. The van der Waals surface area contributed by atoms with Crippen molar-refractivity contribution in [1.29, 1.82) is 0 Å². The van der Waals surface area contributed by atoms with Crippen molar-refractivity contribution < 1.29 is 0 Å². The molecule has 0 atom stereocenters. The van der Waals surface area contributed by atoms with Gasteiger partial charge in [-0.3, -0.25) is 4.90 Å². The molecule has 0 amide bonds. The van der Waals surface area contributed by atoms with Gasteiger partial charge in [0.05, 0.1) is 0 Å². The van der Waals surface area contributed by atoms with Crippen molar-refractivity contribution in [3.05, 3.63) is 42.4 Å². The Labute approximate surface area is 124 Å². The summed E-state index contributed by atoms with van der Waals surface area (Å²) in [5, 5.41) is 3.15. The van der Waals surface area contributed by atoms with Gasteiger partial charge in [-0.25, -0.2) is 15.0 Å². The summed E-state index contributed by atoms with van der Waals surface area (Å²) in [5.74, 6) is 1.79. The second-order valence-corrected chi connectivity index (χ2v) is 5.07. The number of aromatic nitrogens is 3. The van der Waals surface area contributed by atoms with Crippen molar-refractivity contribution >= 4 is 11.8 Å². The van der Waals surface area contributed by atoms with E-state index in [1.54, 1.807) is 12.4 Å². The molecule has 1 aliphatic heterocycles. The average molecular weight is 284 g/mol. The third kappa shape index (κ3) is 3.28. The summed E-state index contributed by atoms with van der Waals surface area (Å²) < 4.78 is 0. The van der Waals surface area contributed by atoms with Crippen molar-refractivity contribution in [2.75, 3.05) is 43.4 Å². The Morgan fingerprint density at radius 2 is 1.71 bits per heavy atom. The van der Waals surface area contributed by atoms with Crippen LogP contribution in [0.5, 0.6) is 0 Å². The number of anilines is 2. The van der Waals surface area contributed by atoms with Crippen LogP contribution >= 0.6 is 0 Å². The summed E-state index contributed by atoms with van der Waals surface area (Å²) in [6.45, 7) is 4.86. The molecule has 0 spiro atoms. The maximum Gasteiger partial charge on any atom is 0.225 e. The first-order valence-electron chi connectivity index (χ1n) is 7.23. The van der Waals surface area contributed by atoms with E-state index in [0.717, 1.165) is 44.5 Å². The molecule has 110 valence electrons. The van der Waals surface area contributed by atoms with Crippen molar-refractivity contribution in [1.82, 2.24) is 19.9 Å². The van der Waals surface area contributed by atoms with Crippen molar-refractivity contribution in [2.24, 2.45) is 0 Å². The van der Waals surface area contributed by atoms with Gasteiger partial charge in [0, 0.05) is 63.9 Å². The van der Waals surface area contributed by atoms with Gasteiger partial charge in [-0.1, -0.05) is 6.07 Å². The molecule has 0 radical (unpaired) electrons. The van der Waals surface area contributed by atoms with Gasteiger partial charge in [0.15, 0.2) is 0 Å². The topological polar surface area (TPSA) is 57.2 Å². The number of hydrogen-bond acceptors (Lipinski definition) is 6. The van der Waals surface area contributed by atoms with Crippen molar-refractivity contribution in [3.63, 3.8) is 0 Å². The lowest BCUT2D eigenvalue weighted by Crippen LogP contribution is -2.46. The summed E-state index contributed by atoms with van der Waals surface area (Å²) in [7, 11) is 1.91. The zero-order valence-corrected chi connectivity index (χ0v) is 12.2. The maximum absolute atomic E-state index is 4.36. The standard InChI is InChI=1S/C15H20N6/c1-16-14-13(4-2-5-17-14)12-20-8-10-21(11-9-20)15-18-6-3-7-19-15/h2-7H,8-12H2,1H3,(H,16,17). The minimum Gasteiger partial charge on any atom is -0.373 e. The molecule has 1 aliphatic rings. The van der Waals surface area contributed by atoms with Crippen LogP contribution in [0.3, 0.4) is 0 Å². The molecular formula is C15H20N6. The molecule has 0 aliphatic carbocycles. The van der Waals surface area contributed by atoms with Crippen molar-refractivity contribution in [2.45, 2.75) is 6.54 Å². The number of nitrogens with one attached hydrogen (secondary N) is 1. The second kappa shape index (κ2) is 6.49. The second-order valence-electron chi connectivity index (χ2n) is 5.07. The molecular weight excluding hydrogens is 264 g/mol. The molecule has 6 nitrogen and oxygen atoms in total. The molecule has 1 N–H and O–H groups in total.